The van der Waals surface area contributed by atoms with Gasteiger partial charge in [-0.3, -0.25) is 4.68 Å². The standard InChI is InChI=1S/C9H14N2.CH5N/c1-5-8-6-7-10-11(8)9(2,3)4;1-2/h5-7H,1H2,2-4H3;2H2,1H3. The lowest BCUT2D eigenvalue weighted by molar-refractivity contribution is 0.353. The summed E-state index contributed by atoms with van der Waals surface area (Å²) in [6.07, 6.45) is 3.61. The third-order valence-corrected chi connectivity index (χ3v) is 1.52. The maximum atomic E-state index is 4.50. The van der Waals surface area contributed by atoms with E-state index in [4.69, 9.17) is 0 Å². The van der Waals surface area contributed by atoms with Crippen LogP contribution < -0.4 is 5.73 Å². The van der Waals surface area contributed by atoms with Crippen LogP contribution in [0.15, 0.2) is 18.8 Å². The molecule has 0 spiro atoms. The molecule has 13 heavy (non-hydrogen) atoms. The van der Waals surface area contributed by atoms with Crippen LogP contribution in [-0.4, -0.2) is 16.8 Å². The SMILES string of the molecule is C=Cc1ccnn1C(C)(C)C.CN. The topological polar surface area (TPSA) is 43.8 Å². The van der Waals surface area contributed by atoms with Gasteiger partial charge in [-0.2, -0.15) is 5.10 Å². The summed E-state index contributed by atoms with van der Waals surface area (Å²) in [6.45, 7) is 10.1. The zero-order valence-corrected chi connectivity index (χ0v) is 8.91. The van der Waals surface area contributed by atoms with Gasteiger partial charge < -0.3 is 5.73 Å². The van der Waals surface area contributed by atoms with Crippen LogP contribution >= 0.6 is 0 Å². The van der Waals surface area contributed by atoms with Crippen LogP contribution in [0.25, 0.3) is 6.08 Å². The van der Waals surface area contributed by atoms with Gasteiger partial charge in [-0.25, -0.2) is 0 Å². The average Bonchev–Trinajstić information content (AvgIpc) is 2.54. The van der Waals surface area contributed by atoms with Crippen LogP contribution in [0, 0.1) is 0 Å². The molecule has 1 rings (SSSR count). The lowest BCUT2D eigenvalue weighted by Crippen LogP contribution is -2.24. The molecule has 0 unspecified atom stereocenters. The second kappa shape index (κ2) is 4.82. The Labute approximate surface area is 80.2 Å². The Bertz CT molecular complexity index is 255. The molecule has 0 amide bonds. The van der Waals surface area contributed by atoms with E-state index >= 15 is 0 Å². The molecule has 0 atom stereocenters. The first-order valence-electron chi connectivity index (χ1n) is 4.30. The molecule has 0 fully saturated rings. The Morgan fingerprint density at radius 3 is 2.31 bits per heavy atom. The lowest BCUT2D eigenvalue weighted by Gasteiger charge is -2.21. The van der Waals surface area contributed by atoms with Gasteiger partial charge in [-0.1, -0.05) is 6.58 Å². The van der Waals surface area contributed by atoms with Gasteiger partial charge in [0.05, 0.1) is 11.2 Å². The number of hydrogen-bond acceptors (Lipinski definition) is 2. The highest BCUT2D eigenvalue weighted by atomic mass is 15.3. The molecular formula is C10H19N3. The Kier molecular flexibility index (Phi) is 4.42. The third kappa shape index (κ3) is 3.03. The molecule has 0 aliphatic carbocycles. The monoisotopic (exact) mass is 181 g/mol. The first-order chi connectivity index (χ1) is 6.05. The van der Waals surface area contributed by atoms with Gasteiger partial charge >= 0.3 is 0 Å². The predicted octanol–water partition coefficient (Wildman–Crippen LogP) is 1.86. The van der Waals surface area contributed by atoms with E-state index in [9.17, 15) is 0 Å². The summed E-state index contributed by atoms with van der Waals surface area (Å²) in [5, 5.41) is 4.20. The van der Waals surface area contributed by atoms with Crippen molar-refractivity contribution in [2.45, 2.75) is 26.3 Å². The van der Waals surface area contributed by atoms with E-state index in [2.05, 4.69) is 38.2 Å². The minimum Gasteiger partial charge on any atom is -0.333 e. The number of hydrogen-bond donors (Lipinski definition) is 1. The van der Waals surface area contributed by atoms with Crippen molar-refractivity contribution in [2.75, 3.05) is 7.05 Å². The van der Waals surface area contributed by atoms with Crippen molar-refractivity contribution in [3.63, 3.8) is 0 Å². The van der Waals surface area contributed by atoms with Gasteiger partial charge in [-0.15, -0.1) is 0 Å². The second-order valence-corrected chi connectivity index (χ2v) is 3.54. The Morgan fingerprint density at radius 2 is 2.00 bits per heavy atom. The van der Waals surface area contributed by atoms with E-state index in [0.717, 1.165) is 5.69 Å². The Balaban J connectivity index is 0.000000671. The van der Waals surface area contributed by atoms with E-state index in [-0.39, 0.29) is 5.54 Å². The highest BCUT2D eigenvalue weighted by Crippen LogP contribution is 2.15. The van der Waals surface area contributed by atoms with Crippen molar-refractivity contribution in [1.29, 1.82) is 0 Å². The molecule has 0 bridgehead atoms. The van der Waals surface area contributed by atoms with Gasteiger partial charge in [0, 0.05) is 6.20 Å². The third-order valence-electron chi connectivity index (χ3n) is 1.52. The molecule has 0 aromatic carbocycles. The number of rotatable bonds is 1. The first-order valence-corrected chi connectivity index (χ1v) is 4.30. The van der Waals surface area contributed by atoms with Gasteiger partial charge in [0.2, 0.25) is 0 Å². The summed E-state index contributed by atoms with van der Waals surface area (Å²) in [6, 6.07) is 1.96. The van der Waals surface area contributed by atoms with E-state index in [1.807, 2.05) is 16.8 Å². The van der Waals surface area contributed by atoms with E-state index < -0.39 is 0 Å². The van der Waals surface area contributed by atoms with Crippen molar-refractivity contribution in [1.82, 2.24) is 9.78 Å². The van der Waals surface area contributed by atoms with Gasteiger partial charge in [0.15, 0.2) is 0 Å². The van der Waals surface area contributed by atoms with Crippen LogP contribution in [0.3, 0.4) is 0 Å². The maximum absolute atomic E-state index is 4.50. The fraction of sp³-hybridized carbons (Fsp3) is 0.500. The smallest absolute Gasteiger partial charge is 0.0610 e. The molecule has 0 saturated carbocycles. The zero-order valence-electron chi connectivity index (χ0n) is 8.91. The summed E-state index contributed by atoms with van der Waals surface area (Å²) in [4.78, 5) is 0. The fourth-order valence-corrected chi connectivity index (χ4v) is 1.03. The molecule has 2 N–H and O–H groups in total. The molecule has 3 nitrogen and oxygen atoms in total. The van der Waals surface area contributed by atoms with Gasteiger partial charge in [-0.05, 0) is 40.0 Å². The van der Waals surface area contributed by atoms with Crippen LogP contribution in [0.1, 0.15) is 26.5 Å². The number of nitrogens with zero attached hydrogens (tertiary/aromatic N) is 2. The quantitative estimate of drug-likeness (QED) is 0.718. The van der Waals surface area contributed by atoms with Gasteiger partial charge in [0.1, 0.15) is 0 Å². The number of nitrogens with two attached hydrogens (primary N) is 1. The minimum absolute atomic E-state index is 0.0486. The largest absolute Gasteiger partial charge is 0.333 e. The molecule has 1 aromatic rings. The fourth-order valence-electron chi connectivity index (χ4n) is 1.03. The van der Waals surface area contributed by atoms with Crippen molar-refractivity contribution < 1.29 is 0 Å². The number of aromatic nitrogens is 2. The second-order valence-electron chi connectivity index (χ2n) is 3.54. The maximum Gasteiger partial charge on any atom is 0.0610 e. The molecule has 1 heterocycles. The Hall–Kier alpha value is -1.09. The summed E-state index contributed by atoms with van der Waals surface area (Å²) < 4.78 is 1.96. The summed E-state index contributed by atoms with van der Waals surface area (Å²) in [5.41, 5.74) is 5.62. The van der Waals surface area contributed by atoms with Crippen molar-refractivity contribution in [3.8, 4) is 0 Å². The lowest BCUT2D eigenvalue weighted by atomic mass is 10.1. The summed E-state index contributed by atoms with van der Waals surface area (Å²) in [5.74, 6) is 0. The van der Waals surface area contributed by atoms with Crippen LogP contribution in [0.4, 0.5) is 0 Å². The van der Waals surface area contributed by atoms with E-state index in [1.54, 1.807) is 6.20 Å². The minimum atomic E-state index is 0.0486. The zero-order chi connectivity index (χ0) is 10.5. The molecule has 1 aromatic heterocycles. The molecule has 0 aliphatic heterocycles. The van der Waals surface area contributed by atoms with Crippen LogP contribution in [0.2, 0.25) is 0 Å². The summed E-state index contributed by atoms with van der Waals surface area (Å²) >= 11 is 0. The predicted molar refractivity (Wildman–Crippen MR) is 57.4 cm³/mol. The molecule has 74 valence electrons. The van der Waals surface area contributed by atoms with Crippen molar-refractivity contribution >= 4 is 6.08 Å². The van der Waals surface area contributed by atoms with E-state index in [1.165, 1.54) is 7.05 Å². The average molecular weight is 181 g/mol. The molecule has 0 saturated heterocycles. The highest BCUT2D eigenvalue weighted by molar-refractivity contribution is 5.41. The molecule has 0 aliphatic rings. The molecular weight excluding hydrogens is 162 g/mol. The highest BCUT2D eigenvalue weighted by Gasteiger charge is 2.14. The Morgan fingerprint density at radius 1 is 1.46 bits per heavy atom. The van der Waals surface area contributed by atoms with Crippen molar-refractivity contribution in [2.24, 2.45) is 5.73 Å². The van der Waals surface area contributed by atoms with Gasteiger partial charge in [0.25, 0.3) is 0 Å². The first kappa shape index (κ1) is 11.9. The van der Waals surface area contributed by atoms with Crippen LogP contribution in [0.5, 0.6) is 0 Å². The van der Waals surface area contributed by atoms with E-state index in [0.29, 0.717) is 0 Å². The normalized spacial score (nSPS) is 10.2. The molecule has 0 radical (unpaired) electrons. The van der Waals surface area contributed by atoms with Crippen molar-refractivity contribution in [3.05, 3.63) is 24.5 Å². The van der Waals surface area contributed by atoms with Crippen LogP contribution in [-0.2, 0) is 5.54 Å². The molecule has 3 heteroatoms. The summed E-state index contributed by atoms with van der Waals surface area (Å²) in [7, 11) is 1.50.